The topological polar surface area (TPSA) is 25.1 Å². The molecule has 3 heterocycles. The third-order valence-corrected chi connectivity index (χ3v) is 3.12. The van der Waals surface area contributed by atoms with Gasteiger partial charge >= 0.3 is 7.25 Å². The average molecular weight is 278 g/mol. The number of hydrogen-bond acceptors (Lipinski definition) is 2. The maximum absolute atomic E-state index is 9.75. The highest BCUT2D eigenvalue weighted by Crippen LogP contribution is 2.29. The van der Waals surface area contributed by atoms with Gasteiger partial charge in [0.05, 0.1) is 25.3 Å². The van der Waals surface area contributed by atoms with Crippen LogP contribution in [0.2, 0.25) is 0 Å². The molecule has 1 aromatic rings. The van der Waals surface area contributed by atoms with Crippen LogP contribution < -0.4 is 9.88 Å². The van der Waals surface area contributed by atoms with Gasteiger partial charge in [-0.25, -0.2) is 4.57 Å². The van der Waals surface area contributed by atoms with Crippen LogP contribution in [0.4, 0.5) is 23.1 Å². The van der Waals surface area contributed by atoms with E-state index in [1.807, 2.05) is 0 Å². The molecule has 0 spiro atoms. The summed E-state index contributed by atoms with van der Waals surface area (Å²) in [5.74, 6) is 1.82. The highest BCUT2D eigenvalue weighted by Gasteiger charge is 2.36. The fraction of sp³-hybridized carbons (Fsp3) is 0.545. The van der Waals surface area contributed by atoms with Crippen LogP contribution in [-0.2, 0) is 4.74 Å². The summed E-state index contributed by atoms with van der Waals surface area (Å²) >= 11 is 0. The Morgan fingerprint density at radius 1 is 1.26 bits per heavy atom. The molecular formula is C11H15BF4N2O. The number of pyridine rings is 1. The van der Waals surface area contributed by atoms with Gasteiger partial charge in [-0.2, -0.15) is 0 Å². The van der Waals surface area contributed by atoms with E-state index in [0.717, 1.165) is 13.2 Å². The highest BCUT2D eigenvalue weighted by atomic mass is 19.5. The van der Waals surface area contributed by atoms with Crippen molar-refractivity contribution in [2.24, 2.45) is 5.92 Å². The molecule has 0 radical (unpaired) electrons. The Bertz CT molecular complexity index is 423. The number of rotatable bonds is 0. The molecule has 0 bridgehead atoms. The maximum atomic E-state index is 9.75. The molecule has 1 fully saturated rings. The number of fused-ring (bicyclic) bond motifs is 3. The molecule has 0 saturated carbocycles. The molecule has 2 atom stereocenters. The van der Waals surface area contributed by atoms with E-state index < -0.39 is 7.25 Å². The molecule has 2 aliphatic rings. The van der Waals surface area contributed by atoms with Gasteiger partial charge in [0.1, 0.15) is 0 Å². The summed E-state index contributed by atoms with van der Waals surface area (Å²) < 4.78 is 47.0. The van der Waals surface area contributed by atoms with Crippen LogP contribution in [0.1, 0.15) is 19.1 Å². The van der Waals surface area contributed by atoms with Gasteiger partial charge in [-0.1, -0.05) is 6.07 Å². The number of nitrogens with one attached hydrogen (secondary N) is 1. The summed E-state index contributed by atoms with van der Waals surface area (Å²) in [5.41, 5.74) is 0. The van der Waals surface area contributed by atoms with Gasteiger partial charge in [-0.3, -0.25) is 5.32 Å². The number of nitrogens with zero attached hydrogens (tertiary/aromatic N) is 1. The van der Waals surface area contributed by atoms with Gasteiger partial charge < -0.3 is 22.0 Å². The van der Waals surface area contributed by atoms with Crippen molar-refractivity contribution in [3.8, 4) is 0 Å². The van der Waals surface area contributed by atoms with Crippen LogP contribution in [0.3, 0.4) is 0 Å². The van der Waals surface area contributed by atoms with E-state index >= 15 is 0 Å². The number of anilines is 1. The molecule has 19 heavy (non-hydrogen) atoms. The van der Waals surface area contributed by atoms with Crippen LogP contribution in [0.5, 0.6) is 0 Å². The lowest BCUT2D eigenvalue weighted by Crippen LogP contribution is -2.54. The van der Waals surface area contributed by atoms with Crippen molar-refractivity contribution in [1.82, 2.24) is 0 Å². The quantitative estimate of drug-likeness (QED) is 0.448. The van der Waals surface area contributed by atoms with Gasteiger partial charge in [-0.15, -0.1) is 0 Å². The van der Waals surface area contributed by atoms with Crippen molar-refractivity contribution in [1.29, 1.82) is 0 Å². The lowest BCUT2D eigenvalue weighted by molar-refractivity contribution is -0.764. The minimum Gasteiger partial charge on any atom is -0.418 e. The molecular weight excluding hydrogens is 263 g/mol. The van der Waals surface area contributed by atoms with Crippen molar-refractivity contribution in [2.45, 2.75) is 19.1 Å². The molecule has 1 saturated heterocycles. The molecule has 3 rings (SSSR count). The van der Waals surface area contributed by atoms with E-state index in [2.05, 4.69) is 34.3 Å². The molecule has 1 N–H and O–H groups in total. The smallest absolute Gasteiger partial charge is 0.418 e. The standard InChI is InChI=1S/C11H14N2O.BF4/c1-2-6-13-10(5-1)12-8-9-4-3-7-14-11(9)13;2-1(3,4)5/h1-2,5-6,9,11H,3-4,7-8H2;/q;-1/p+1. The van der Waals surface area contributed by atoms with Crippen LogP contribution in [0, 0.1) is 5.92 Å². The first-order valence-electron chi connectivity index (χ1n) is 6.18. The molecule has 1 aromatic heterocycles. The average Bonchev–Trinajstić information content (AvgIpc) is 2.37. The largest absolute Gasteiger partial charge is 0.673 e. The number of aromatic nitrogens is 1. The Balaban J connectivity index is 0.000000232. The van der Waals surface area contributed by atoms with Crippen LogP contribution in [0.25, 0.3) is 0 Å². The van der Waals surface area contributed by atoms with Gasteiger partial charge in [0.25, 0.3) is 5.82 Å². The van der Waals surface area contributed by atoms with E-state index in [0.29, 0.717) is 5.92 Å². The lowest BCUT2D eigenvalue weighted by Gasteiger charge is -2.33. The van der Waals surface area contributed by atoms with E-state index in [4.69, 9.17) is 4.74 Å². The number of hydrogen-bond donors (Lipinski definition) is 1. The fourth-order valence-corrected chi connectivity index (χ4v) is 2.40. The summed E-state index contributed by atoms with van der Waals surface area (Å²) in [6.45, 7) is 1.96. The zero-order chi connectivity index (χ0) is 13.9. The molecule has 8 heteroatoms. The molecule has 0 aliphatic carbocycles. The van der Waals surface area contributed by atoms with Crippen molar-refractivity contribution >= 4 is 13.1 Å². The first kappa shape index (κ1) is 14.1. The first-order chi connectivity index (χ1) is 8.95. The zero-order valence-electron chi connectivity index (χ0n) is 10.2. The second kappa shape index (κ2) is 5.77. The first-order valence-corrected chi connectivity index (χ1v) is 6.18. The van der Waals surface area contributed by atoms with E-state index in [1.165, 1.54) is 18.7 Å². The van der Waals surface area contributed by atoms with E-state index in [-0.39, 0.29) is 6.23 Å². The fourth-order valence-electron chi connectivity index (χ4n) is 2.40. The van der Waals surface area contributed by atoms with E-state index in [1.54, 1.807) is 0 Å². The predicted octanol–water partition coefficient (Wildman–Crippen LogP) is 2.62. The van der Waals surface area contributed by atoms with Crippen molar-refractivity contribution in [3.05, 3.63) is 24.4 Å². The Morgan fingerprint density at radius 2 is 2.00 bits per heavy atom. The third-order valence-electron chi connectivity index (χ3n) is 3.12. The molecule has 106 valence electrons. The second-order valence-electron chi connectivity index (χ2n) is 4.53. The summed E-state index contributed by atoms with van der Waals surface area (Å²) in [6, 6.07) is 6.22. The maximum Gasteiger partial charge on any atom is 0.673 e. The van der Waals surface area contributed by atoms with Crippen LogP contribution in [-0.4, -0.2) is 20.4 Å². The number of halogens is 4. The predicted molar refractivity (Wildman–Crippen MR) is 63.0 cm³/mol. The highest BCUT2D eigenvalue weighted by molar-refractivity contribution is 6.50. The van der Waals surface area contributed by atoms with Crippen LogP contribution in [0.15, 0.2) is 24.4 Å². The minimum atomic E-state index is -6.00. The Labute approximate surface area is 108 Å². The normalized spacial score (nSPS) is 25.3. The molecule has 2 aliphatic heterocycles. The monoisotopic (exact) mass is 278 g/mol. The van der Waals surface area contributed by atoms with Crippen molar-refractivity contribution < 1.29 is 26.6 Å². The Hall–Kier alpha value is -1.31. The van der Waals surface area contributed by atoms with Gasteiger partial charge in [0.2, 0.25) is 6.23 Å². The van der Waals surface area contributed by atoms with Gasteiger partial charge in [0, 0.05) is 6.07 Å². The molecule has 3 nitrogen and oxygen atoms in total. The number of ether oxygens (including phenoxy) is 1. The summed E-state index contributed by atoms with van der Waals surface area (Å²) in [7, 11) is -6.00. The van der Waals surface area contributed by atoms with Gasteiger partial charge in [0.15, 0.2) is 0 Å². The molecule has 2 unspecified atom stereocenters. The Kier molecular flexibility index (Phi) is 4.29. The summed E-state index contributed by atoms with van der Waals surface area (Å²) in [6.07, 6.45) is 4.84. The second-order valence-corrected chi connectivity index (χ2v) is 4.53. The Morgan fingerprint density at radius 3 is 2.74 bits per heavy atom. The molecule has 0 aromatic carbocycles. The lowest BCUT2D eigenvalue weighted by atomic mass is 9.97. The zero-order valence-corrected chi connectivity index (χ0v) is 10.2. The SMILES string of the molecule is F[B-](F)(F)F.c1cc[n+]2c(c1)NCC1CCCOC12. The van der Waals surface area contributed by atoms with Crippen molar-refractivity contribution in [2.75, 3.05) is 18.5 Å². The molecule has 0 amide bonds. The van der Waals surface area contributed by atoms with Gasteiger partial charge in [-0.05, 0) is 18.9 Å². The third kappa shape index (κ3) is 4.09. The minimum absolute atomic E-state index is 0.265. The van der Waals surface area contributed by atoms with Crippen LogP contribution >= 0.6 is 0 Å². The summed E-state index contributed by atoms with van der Waals surface area (Å²) in [5, 5.41) is 3.44. The van der Waals surface area contributed by atoms with Crippen molar-refractivity contribution in [3.63, 3.8) is 0 Å². The van der Waals surface area contributed by atoms with E-state index in [9.17, 15) is 17.3 Å². The summed E-state index contributed by atoms with van der Waals surface area (Å²) in [4.78, 5) is 0.